The average Bonchev–Trinajstić information content (AvgIpc) is 2.73. The molecule has 92 valence electrons. The lowest BCUT2D eigenvalue weighted by molar-refractivity contribution is 0.462. The summed E-state index contributed by atoms with van der Waals surface area (Å²) in [5.41, 5.74) is 0.109. The molecule has 2 rings (SSSR count). The van der Waals surface area contributed by atoms with Crippen LogP contribution in [0.2, 0.25) is 5.02 Å². The first-order chi connectivity index (χ1) is 8.41. The Labute approximate surface area is 112 Å². The number of nitriles is 1. The van der Waals surface area contributed by atoms with E-state index in [0.717, 1.165) is 0 Å². The van der Waals surface area contributed by atoms with Crippen LogP contribution in [0.15, 0.2) is 33.8 Å². The second-order valence-electron chi connectivity index (χ2n) is 3.21. The highest BCUT2D eigenvalue weighted by molar-refractivity contribution is 8.13. The molecule has 0 aliphatic heterocycles. The molecule has 0 aliphatic rings. The van der Waals surface area contributed by atoms with Gasteiger partial charge in [0.25, 0.3) is 14.1 Å². The lowest BCUT2D eigenvalue weighted by Crippen LogP contribution is -1.90. The summed E-state index contributed by atoms with van der Waals surface area (Å²) < 4.78 is 27.3. The van der Waals surface area contributed by atoms with E-state index in [2.05, 4.69) is 4.98 Å². The molecule has 1 aromatic carbocycles. The van der Waals surface area contributed by atoms with Crippen LogP contribution in [0, 0.1) is 11.3 Å². The fourth-order valence-corrected chi connectivity index (χ4v) is 2.20. The molecule has 0 radical (unpaired) electrons. The topological polar surface area (TPSA) is 84.0 Å². The first-order valence-electron chi connectivity index (χ1n) is 4.53. The molecular formula is C10H4Cl2N2O3S. The van der Waals surface area contributed by atoms with Crippen molar-refractivity contribution in [3.8, 4) is 17.5 Å². The van der Waals surface area contributed by atoms with Crippen LogP contribution in [0.25, 0.3) is 11.5 Å². The number of aromatic nitrogens is 1. The Balaban J connectivity index is 2.59. The molecular weight excluding hydrogens is 299 g/mol. The van der Waals surface area contributed by atoms with E-state index in [-0.39, 0.29) is 11.6 Å². The molecule has 0 atom stereocenters. The van der Waals surface area contributed by atoms with E-state index in [0.29, 0.717) is 10.6 Å². The Morgan fingerprint density at radius 2 is 1.89 bits per heavy atom. The summed E-state index contributed by atoms with van der Waals surface area (Å²) in [5.74, 6) is -0.0116. The Morgan fingerprint density at radius 1 is 1.28 bits per heavy atom. The van der Waals surface area contributed by atoms with Crippen LogP contribution in [0.4, 0.5) is 0 Å². The number of hydrogen-bond acceptors (Lipinski definition) is 5. The molecule has 0 unspecified atom stereocenters. The zero-order valence-corrected chi connectivity index (χ0v) is 10.9. The van der Waals surface area contributed by atoms with Gasteiger partial charge < -0.3 is 4.42 Å². The molecule has 1 heterocycles. The summed E-state index contributed by atoms with van der Waals surface area (Å²) in [4.78, 5) is 3.76. The normalized spacial score (nSPS) is 11.2. The predicted molar refractivity (Wildman–Crippen MR) is 64.7 cm³/mol. The smallest absolute Gasteiger partial charge is 0.297 e. The largest absolute Gasteiger partial charge is 0.422 e. The van der Waals surface area contributed by atoms with Gasteiger partial charge in [0.05, 0.1) is 0 Å². The minimum absolute atomic E-state index is 0.0116. The van der Waals surface area contributed by atoms with Gasteiger partial charge >= 0.3 is 0 Å². The predicted octanol–water partition coefficient (Wildman–Crippen LogP) is 2.79. The number of hydrogen-bond donors (Lipinski definition) is 0. The van der Waals surface area contributed by atoms with Crippen LogP contribution in [-0.4, -0.2) is 13.4 Å². The van der Waals surface area contributed by atoms with Gasteiger partial charge in [0.1, 0.15) is 6.07 Å². The number of oxazole rings is 1. The molecule has 18 heavy (non-hydrogen) atoms. The quantitative estimate of drug-likeness (QED) is 0.796. The van der Waals surface area contributed by atoms with Crippen LogP contribution in [0.3, 0.4) is 0 Å². The standard InChI is InChI=1S/C10H4Cl2N2O3S/c11-7-3-1-6(2-4-7)9-14-8(5-13)10(17-9)18(12,15)16/h1-4H. The Kier molecular flexibility index (Phi) is 3.30. The number of rotatable bonds is 2. The number of nitrogens with zero attached hydrogens (tertiary/aromatic N) is 2. The molecule has 0 amide bonds. The van der Waals surface area contributed by atoms with Gasteiger partial charge in [0.15, 0.2) is 5.69 Å². The molecule has 0 fully saturated rings. The van der Waals surface area contributed by atoms with Gasteiger partial charge in [0, 0.05) is 21.3 Å². The van der Waals surface area contributed by atoms with Gasteiger partial charge in [-0.2, -0.15) is 10.2 Å². The van der Waals surface area contributed by atoms with E-state index < -0.39 is 14.1 Å². The number of benzene rings is 1. The van der Waals surface area contributed by atoms with Crippen molar-refractivity contribution in [3.05, 3.63) is 35.0 Å². The summed E-state index contributed by atoms with van der Waals surface area (Å²) >= 11 is 5.72. The van der Waals surface area contributed by atoms with E-state index in [1.807, 2.05) is 0 Å². The fraction of sp³-hybridized carbons (Fsp3) is 0. The monoisotopic (exact) mass is 302 g/mol. The van der Waals surface area contributed by atoms with Crippen LogP contribution >= 0.6 is 22.3 Å². The summed E-state index contributed by atoms with van der Waals surface area (Å²) in [5, 5.41) is 8.62. The SMILES string of the molecule is N#Cc1nc(-c2ccc(Cl)cc2)oc1S(=O)(=O)Cl. The lowest BCUT2D eigenvalue weighted by Gasteiger charge is -1.94. The van der Waals surface area contributed by atoms with Crippen LogP contribution in [0.5, 0.6) is 0 Å². The van der Waals surface area contributed by atoms with E-state index in [1.54, 1.807) is 30.3 Å². The Morgan fingerprint density at radius 3 is 2.33 bits per heavy atom. The summed E-state index contributed by atoms with van der Waals surface area (Å²) in [6.45, 7) is 0. The van der Waals surface area contributed by atoms with Crippen LogP contribution < -0.4 is 0 Å². The minimum Gasteiger partial charge on any atom is -0.422 e. The second-order valence-corrected chi connectivity index (χ2v) is 6.11. The third-order valence-corrected chi connectivity index (χ3v) is 3.41. The highest BCUT2D eigenvalue weighted by Crippen LogP contribution is 2.27. The van der Waals surface area contributed by atoms with Gasteiger partial charge in [-0.1, -0.05) is 11.6 Å². The van der Waals surface area contributed by atoms with Gasteiger partial charge in [-0.15, -0.1) is 0 Å². The Hall–Kier alpha value is -1.55. The molecule has 0 spiro atoms. The number of halogens is 2. The van der Waals surface area contributed by atoms with Crippen LogP contribution in [-0.2, 0) is 9.05 Å². The maximum Gasteiger partial charge on any atom is 0.297 e. The van der Waals surface area contributed by atoms with E-state index in [1.165, 1.54) is 0 Å². The van der Waals surface area contributed by atoms with Crippen molar-refractivity contribution in [1.82, 2.24) is 4.98 Å². The van der Waals surface area contributed by atoms with Gasteiger partial charge in [-0.25, -0.2) is 8.42 Å². The van der Waals surface area contributed by atoms with E-state index in [9.17, 15) is 8.42 Å². The Bertz CT molecular complexity index is 729. The fourth-order valence-electron chi connectivity index (χ4n) is 1.26. The van der Waals surface area contributed by atoms with Crippen molar-refractivity contribution in [1.29, 1.82) is 5.26 Å². The van der Waals surface area contributed by atoms with Crippen molar-refractivity contribution >= 4 is 31.3 Å². The maximum atomic E-state index is 11.2. The van der Waals surface area contributed by atoms with Crippen molar-refractivity contribution in [2.75, 3.05) is 0 Å². The molecule has 8 heteroatoms. The molecule has 0 saturated carbocycles. The zero-order chi connectivity index (χ0) is 13.3. The molecule has 0 saturated heterocycles. The maximum absolute atomic E-state index is 11.2. The van der Waals surface area contributed by atoms with E-state index >= 15 is 0 Å². The minimum atomic E-state index is -4.15. The van der Waals surface area contributed by atoms with Crippen molar-refractivity contribution < 1.29 is 12.8 Å². The third kappa shape index (κ3) is 2.48. The molecule has 1 aromatic heterocycles. The third-order valence-electron chi connectivity index (χ3n) is 2.01. The molecule has 2 aromatic rings. The molecule has 5 nitrogen and oxygen atoms in total. The molecule has 0 aliphatic carbocycles. The summed E-state index contributed by atoms with van der Waals surface area (Å²) in [7, 11) is 0.988. The lowest BCUT2D eigenvalue weighted by atomic mass is 10.2. The second kappa shape index (κ2) is 4.61. The average molecular weight is 303 g/mol. The van der Waals surface area contributed by atoms with Crippen molar-refractivity contribution in [2.45, 2.75) is 5.09 Å². The van der Waals surface area contributed by atoms with Crippen LogP contribution in [0.1, 0.15) is 5.69 Å². The van der Waals surface area contributed by atoms with Gasteiger partial charge in [0.2, 0.25) is 5.89 Å². The van der Waals surface area contributed by atoms with Gasteiger partial charge in [-0.05, 0) is 24.3 Å². The molecule has 0 bridgehead atoms. The zero-order valence-electron chi connectivity index (χ0n) is 8.59. The first-order valence-corrected chi connectivity index (χ1v) is 7.22. The summed E-state index contributed by atoms with van der Waals surface area (Å²) in [6.07, 6.45) is 0. The first kappa shape index (κ1) is 12.9. The van der Waals surface area contributed by atoms with Gasteiger partial charge in [-0.3, -0.25) is 0 Å². The van der Waals surface area contributed by atoms with E-state index in [4.69, 9.17) is 32.0 Å². The van der Waals surface area contributed by atoms with Crippen molar-refractivity contribution in [2.24, 2.45) is 0 Å². The highest BCUT2D eigenvalue weighted by Gasteiger charge is 2.24. The van der Waals surface area contributed by atoms with Crippen molar-refractivity contribution in [3.63, 3.8) is 0 Å². The molecule has 0 N–H and O–H groups in total. The summed E-state index contributed by atoms with van der Waals surface area (Å²) in [6, 6.07) is 7.95. The highest BCUT2D eigenvalue weighted by atomic mass is 35.7.